The number of aromatic nitrogens is 1. The molecule has 0 radical (unpaired) electrons. The first-order chi connectivity index (χ1) is 12.1. The highest BCUT2D eigenvalue weighted by atomic mass is 35.5. The average Bonchev–Trinajstić information content (AvgIpc) is 2.67. The van der Waals surface area contributed by atoms with Gasteiger partial charge in [-0.3, -0.25) is 9.78 Å². The molecule has 2 aromatic rings. The van der Waals surface area contributed by atoms with E-state index in [9.17, 15) is 9.90 Å². The van der Waals surface area contributed by atoms with E-state index in [2.05, 4.69) is 15.6 Å². The molecule has 0 spiro atoms. The molecule has 0 aliphatic carbocycles. The number of ether oxygens (including phenoxy) is 1. The van der Waals surface area contributed by atoms with E-state index in [0.29, 0.717) is 24.3 Å². The monoisotopic (exact) mass is 377 g/mol. The van der Waals surface area contributed by atoms with Crippen molar-refractivity contribution >= 4 is 18.3 Å². The van der Waals surface area contributed by atoms with Crippen LogP contribution in [0.4, 0.5) is 0 Å². The predicted molar refractivity (Wildman–Crippen MR) is 103 cm³/mol. The maximum absolute atomic E-state index is 12.3. The van der Waals surface area contributed by atoms with Crippen molar-refractivity contribution in [2.45, 2.75) is 18.4 Å². The molecule has 1 saturated heterocycles. The molecule has 26 heavy (non-hydrogen) atoms. The molecule has 1 aliphatic heterocycles. The zero-order valence-electron chi connectivity index (χ0n) is 14.7. The Morgan fingerprint density at radius 3 is 2.77 bits per heavy atom. The van der Waals surface area contributed by atoms with Crippen molar-refractivity contribution in [2.24, 2.45) is 0 Å². The van der Waals surface area contributed by atoms with Crippen molar-refractivity contribution in [1.29, 1.82) is 0 Å². The van der Waals surface area contributed by atoms with E-state index in [4.69, 9.17) is 4.74 Å². The van der Waals surface area contributed by atoms with Gasteiger partial charge in [-0.15, -0.1) is 12.4 Å². The zero-order valence-corrected chi connectivity index (χ0v) is 15.5. The summed E-state index contributed by atoms with van der Waals surface area (Å²) in [5, 5.41) is 16.4. The Hall–Kier alpha value is -2.15. The maximum atomic E-state index is 12.3. The van der Waals surface area contributed by atoms with Crippen molar-refractivity contribution < 1.29 is 14.6 Å². The van der Waals surface area contributed by atoms with Crippen LogP contribution in [0.1, 0.15) is 23.2 Å². The number of halogens is 1. The standard InChI is InChI=1S/C19H23N3O3.ClH/c1-25-16-4-2-11-21-17(16)14-5-7-15(8-6-14)18(23)22-13-19(24)9-3-10-20-12-19;/h2,4-8,11,20,24H,3,9-10,12-13H2,1H3,(H,22,23);1H. The third kappa shape index (κ3) is 4.72. The summed E-state index contributed by atoms with van der Waals surface area (Å²) in [6.45, 7) is 1.66. The molecular weight excluding hydrogens is 354 g/mol. The molecule has 3 rings (SSSR count). The second-order valence-corrected chi connectivity index (χ2v) is 6.32. The van der Waals surface area contributed by atoms with Gasteiger partial charge in [0.2, 0.25) is 0 Å². The van der Waals surface area contributed by atoms with E-state index >= 15 is 0 Å². The molecule has 6 nitrogen and oxygen atoms in total. The Morgan fingerprint density at radius 2 is 2.12 bits per heavy atom. The maximum Gasteiger partial charge on any atom is 0.251 e. The van der Waals surface area contributed by atoms with Crippen molar-refractivity contribution in [3.05, 3.63) is 48.2 Å². The van der Waals surface area contributed by atoms with Gasteiger partial charge in [0.1, 0.15) is 11.4 Å². The van der Waals surface area contributed by atoms with Gasteiger partial charge in [-0.05, 0) is 43.7 Å². The fourth-order valence-corrected chi connectivity index (χ4v) is 3.00. The molecule has 2 heterocycles. The van der Waals surface area contributed by atoms with Crippen LogP contribution in [0.25, 0.3) is 11.3 Å². The molecule has 1 amide bonds. The van der Waals surface area contributed by atoms with Crippen LogP contribution in [0.15, 0.2) is 42.6 Å². The largest absolute Gasteiger partial charge is 0.494 e. The lowest BCUT2D eigenvalue weighted by atomic mass is 9.94. The number of carbonyl (C=O) groups excluding carboxylic acids is 1. The predicted octanol–water partition coefficient (Wildman–Crippen LogP) is 2.02. The lowest BCUT2D eigenvalue weighted by molar-refractivity contribution is 0.0170. The van der Waals surface area contributed by atoms with Gasteiger partial charge in [0, 0.05) is 30.4 Å². The minimum atomic E-state index is -0.866. The molecule has 1 aliphatic rings. The molecule has 1 aromatic heterocycles. The van der Waals surface area contributed by atoms with Gasteiger partial charge in [0.15, 0.2) is 0 Å². The number of β-amino-alcohol motifs (C(OH)–C–C–N with tert-alkyl or cyclic N) is 1. The molecule has 1 unspecified atom stereocenters. The third-order valence-corrected chi connectivity index (χ3v) is 4.44. The van der Waals surface area contributed by atoms with Gasteiger partial charge in [-0.25, -0.2) is 0 Å². The summed E-state index contributed by atoms with van der Waals surface area (Å²) in [7, 11) is 1.60. The third-order valence-electron chi connectivity index (χ3n) is 4.44. The molecule has 7 heteroatoms. The molecule has 0 bridgehead atoms. The fraction of sp³-hybridized carbons (Fsp3) is 0.368. The van der Waals surface area contributed by atoms with E-state index in [0.717, 1.165) is 24.2 Å². The van der Waals surface area contributed by atoms with E-state index in [1.54, 1.807) is 25.4 Å². The molecule has 1 atom stereocenters. The second-order valence-electron chi connectivity index (χ2n) is 6.32. The van der Waals surface area contributed by atoms with E-state index in [1.165, 1.54) is 0 Å². The Bertz CT molecular complexity index is 731. The van der Waals surface area contributed by atoms with Gasteiger partial charge in [0.05, 0.1) is 12.7 Å². The molecule has 1 aromatic carbocycles. The lowest BCUT2D eigenvalue weighted by Crippen LogP contribution is -2.52. The number of benzene rings is 1. The topological polar surface area (TPSA) is 83.5 Å². The van der Waals surface area contributed by atoms with Crippen LogP contribution in [0, 0.1) is 0 Å². The Labute approximate surface area is 159 Å². The summed E-state index contributed by atoms with van der Waals surface area (Å²) in [6.07, 6.45) is 3.31. The number of hydrogen-bond donors (Lipinski definition) is 3. The Balaban J connectivity index is 0.00000243. The number of amides is 1. The van der Waals surface area contributed by atoms with Crippen LogP contribution in [-0.4, -0.2) is 48.3 Å². The van der Waals surface area contributed by atoms with Crippen molar-refractivity contribution in [3.63, 3.8) is 0 Å². The highest BCUT2D eigenvalue weighted by Crippen LogP contribution is 2.27. The highest BCUT2D eigenvalue weighted by molar-refractivity contribution is 5.94. The number of pyridine rings is 1. The number of carbonyl (C=O) groups is 1. The van der Waals surface area contributed by atoms with Crippen LogP contribution in [0.2, 0.25) is 0 Å². The van der Waals surface area contributed by atoms with E-state index in [1.807, 2.05) is 24.3 Å². The Morgan fingerprint density at radius 1 is 1.35 bits per heavy atom. The number of rotatable bonds is 5. The molecule has 0 saturated carbocycles. The van der Waals surface area contributed by atoms with Gasteiger partial charge < -0.3 is 20.5 Å². The summed E-state index contributed by atoms with van der Waals surface area (Å²) in [4.78, 5) is 16.7. The van der Waals surface area contributed by atoms with Crippen molar-refractivity contribution in [3.8, 4) is 17.0 Å². The highest BCUT2D eigenvalue weighted by Gasteiger charge is 2.29. The summed E-state index contributed by atoms with van der Waals surface area (Å²) >= 11 is 0. The fourth-order valence-electron chi connectivity index (χ4n) is 3.00. The number of hydrogen-bond acceptors (Lipinski definition) is 5. The molecule has 140 valence electrons. The van der Waals surface area contributed by atoms with Crippen LogP contribution in [-0.2, 0) is 0 Å². The smallest absolute Gasteiger partial charge is 0.251 e. The van der Waals surface area contributed by atoms with Crippen molar-refractivity contribution in [2.75, 3.05) is 26.7 Å². The van der Waals surface area contributed by atoms with Crippen LogP contribution < -0.4 is 15.4 Å². The van der Waals surface area contributed by atoms with Crippen LogP contribution in [0.5, 0.6) is 5.75 Å². The van der Waals surface area contributed by atoms with Gasteiger partial charge in [-0.2, -0.15) is 0 Å². The zero-order chi connectivity index (χ0) is 17.7. The Kier molecular flexibility index (Phi) is 6.97. The van der Waals surface area contributed by atoms with Gasteiger partial charge in [-0.1, -0.05) is 12.1 Å². The summed E-state index contributed by atoms with van der Waals surface area (Å²) in [6, 6.07) is 10.9. The first kappa shape index (κ1) is 20.2. The number of piperidine rings is 1. The second kappa shape index (κ2) is 8.98. The summed E-state index contributed by atoms with van der Waals surface area (Å²) < 4.78 is 5.32. The SMILES string of the molecule is COc1cccnc1-c1ccc(C(=O)NCC2(O)CCCNC2)cc1.Cl. The number of nitrogens with zero attached hydrogens (tertiary/aromatic N) is 1. The normalized spacial score (nSPS) is 19.3. The quantitative estimate of drug-likeness (QED) is 0.742. The number of aliphatic hydroxyl groups is 1. The minimum absolute atomic E-state index is 0. The van der Waals surface area contributed by atoms with E-state index in [-0.39, 0.29) is 24.9 Å². The van der Waals surface area contributed by atoms with Gasteiger partial charge in [0.25, 0.3) is 5.91 Å². The number of methoxy groups -OCH3 is 1. The number of nitrogens with one attached hydrogen (secondary N) is 2. The van der Waals surface area contributed by atoms with Gasteiger partial charge >= 0.3 is 0 Å². The van der Waals surface area contributed by atoms with E-state index < -0.39 is 5.60 Å². The van der Waals surface area contributed by atoms with Crippen LogP contribution in [0.3, 0.4) is 0 Å². The molecular formula is C19H24ClN3O3. The molecule has 3 N–H and O–H groups in total. The summed E-state index contributed by atoms with van der Waals surface area (Å²) in [5.74, 6) is 0.491. The summed E-state index contributed by atoms with van der Waals surface area (Å²) in [5.41, 5.74) is 1.30. The first-order valence-corrected chi connectivity index (χ1v) is 8.42. The first-order valence-electron chi connectivity index (χ1n) is 8.42. The average molecular weight is 378 g/mol. The molecule has 1 fully saturated rings. The lowest BCUT2D eigenvalue weighted by Gasteiger charge is -2.32. The minimum Gasteiger partial charge on any atom is -0.494 e. The van der Waals surface area contributed by atoms with Crippen LogP contribution >= 0.6 is 12.4 Å². The van der Waals surface area contributed by atoms with Crippen molar-refractivity contribution in [1.82, 2.24) is 15.6 Å².